The quantitative estimate of drug-likeness (QED) is 0.173. The van der Waals surface area contributed by atoms with Crippen molar-refractivity contribution < 1.29 is 0 Å². The van der Waals surface area contributed by atoms with Crippen molar-refractivity contribution in [2.75, 3.05) is 0 Å². The van der Waals surface area contributed by atoms with Crippen LogP contribution < -0.4 is 0 Å². The predicted octanol–water partition coefficient (Wildman–Crippen LogP) is 8.40. The first-order valence-corrected chi connectivity index (χ1v) is 11.5. The summed E-state index contributed by atoms with van der Waals surface area (Å²) < 4.78 is 3.15. The molecule has 3 heteroatoms. The largest absolute Gasteiger partial charge is 0.293 e. The van der Waals surface area contributed by atoms with Crippen LogP contribution in [0.4, 0.5) is 0 Å². The van der Waals surface area contributed by atoms with E-state index in [2.05, 4.69) is 111 Å². The van der Waals surface area contributed by atoms with Gasteiger partial charge in [0.2, 0.25) is 0 Å². The van der Waals surface area contributed by atoms with Gasteiger partial charge in [0, 0.05) is 16.2 Å². The molecule has 0 aliphatic rings. The molecular weight excluding hydrogens is 456 g/mol. The smallest absolute Gasteiger partial charge is 0.138 e. The van der Waals surface area contributed by atoms with E-state index >= 15 is 0 Å². The van der Waals surface area contributed by atoms with Crippen LogP contribution >= 0.6 is 15.9 Å². The number of hydrogen-bond acceptors (Lipinski definition) is 1. The molecule has 0 atom stereocenters. The molecule has 0 aliphatic carbocycles. The third kappa shape index (κ3) is 2.37. The van der Waals surface area contributed by atoms with Gasteiger partial charge in [-0.05, 0) is 61.1 Å². The average molecular weight is 473 g/mol. The first-order valence-electron chi connectivity index (χ1n) is 10.7. The Morgan fingerprint density at radius 2 is 1.06 bits per heavy atom. The zero-order chi connectivity index (χ0) is 21.2. The third-order valence-electron chi connectivity index (χ3n) is 6.47. The molecule has 2 nitrogen and oxygen atoms in total. The Hall–Kier alpha value is -3.69. The molecule has 2 heterocycles. The van der Waals surface area contributed by atoms with Crippen LogP contribution in [0.5, 0.6) is 0 Å². The molecule has 2 aromatic heterocycles. The highest BCUT2D eigenvalue weighted by Crippen LogP contribution is 2.42. The van der Waals surface area contributed by atoms with Gasteiger partial charge in [-0.1, -0.05) is 84.9 Å². The molecule has 32 heavy (non-hydrogen) atoms. The molecule has 7 aromatic rings. The number of rotatable bonds is 1. The molecular formula is C29H17BrN2. The monoisotopic (exact) mass is 472 g/mol. The van der Waals surface area contributed by atoms with Crippen LogP contribution in [-0.4, -0.2) is 9.55 Å². The molecule has 0 bridgehead atoms. The van der Waals surface area contributed by atoms with Crippen LogP contribution in [0.1, 0.15) is 0 Å². The second-order valence-electron chi connectivity index (χ2n) is 8.15. The van der Waals surface area contributed by atoms with Crippen LogP contribution in [0.15, 0.2) is 108 Å². The summed E-state index contributed by atoms with van der Waals surface area (Å²) in [5.74, 6) is 0.912. The maximum Gasteiger partial charge on any atom is 0.138 e. The van der Waals surface area contributed by atoms with Crippen molar-refractivity contribution in [2.45, 2.75) is 0 Å². The summed E-state index contributed by atoms with van der Waals surface area (Å²) in [7, 11) is 0. The van der Waals surface area contributed by atoms with Gasteiger partial charge in [-0.25, -0.2) is 4.98 Å². The molecule has 0 spiro atoms. The van der Waals surface area contributed by atoms with Gasteiger partial charge >= 0.3 is 0 Å². The number of pyridine rings is 1. The topological polar surface area (TPSA) is 17.8 Å². The number of halogens is 1. The van der Waals surface area contributed by atoms with Crippen LogP contribution in [0.25, 0.3) is 59.9 Å². The molecule has 5 aromatic carbocycles. The van der Waals surface area contributed by atoms with E-state index in [0.29, 0.717) is 0 Å². The van der Waals surface area contributed by atoms with Crippen molar-refractivity contribution in [3.05, 3.63) is 108 Å². The van der Waals surface area contributed by atoms with Crippen molar-refractivity contribution in [1.82, 2.24) is 9.55 Å². The highest BCUT2D eigenvalue weighted by atomic mass is 79.9. The normalized spacial score (nSPS) is 11.9. The van der Waals surface area contributed by atoms with Gasteiger partial charge in [0.15, 0.2) is 0 Å². The predicted molar refractivity (Wildman–Crippen MR) is 139 cm³/mol. The maximum atomic E-state index is 4.84. The van der Waals surface area contributed by atoms with Crippen molar-refractivity contribution in [1.29, 1.82) is 0 Å². The highest BCUT2D eigenvalue weighted by molar-refractivity contribution is 9.10. The van der Waals surface area contributed by atoms with E-state index in [1.54, 1.807) is 0 Å². The van der Waals surface area contributed by atoms with Crippen LogP contribution in [0.3, 0.4) is 0 Å². The zero-order valence-electron chi connectivity index (χ0n) is 17.1. The lowest BCUT2D eigenvalue weighted by atomic mass is 9.93. The van der Waals surface area contributed by atoms with Gasteiger partial charge in [-0.3, -0.25) is 4.57 Å². The minimum atomic E-state index is 0.830. The van der Waals surface area contributed by atoms with E-state index in [4.69, 9.17) is 4.98 Å². The summed E-state index contributed by atoms with van der Waals surface area (Å²) in [6, 6.07) is 36.8. The Morgan fingerprint density at radius 1 is 0.500 bits per heavy atom. The van der Waals surface area contributed by atoms with Crippen LogP contribution in [0, 0.1) is 0 Å². The van der Waals surface area contributed by atoms with Gasteiger partial charge in [0.25, 0.3) is 0 Å². The number of fused-ring (bicyclic) bond motifs is 10. The van der Waals surface area contributed by atoms with Crippen LogP contribution in [-0.2, 0) is 0 Å². The van der Waals surface area contributed by atoms with Crippen LogP contribution in [0.2, 0.25) is 0 Å². The molecule has 150 valence electrons. The van der Waals surface area contributed by atoms with Gasteiger partial charge in [0.05, 0.1) is 11.0 Å². The minimum absolute atomic E-state index is 0.830. The van der Waals surface area contributed by atoms with Gasteiger partial charge in [0.1, 0.15) is 10.4 Å². The summed E-state index contributed by atoms with van der Waals surface area (Å²) in [5, 5.41) is 10.1. The van der Waals surface area contributed by atoms with E-state index in [0.717, 1.165) is 15.9 Å². The summed E-state index contributed by atoms with van der Waals surface area (Å²) in [6.07, 6.45) is 0. The summed E-state index contributed by atoms with van der Waals surface area (Å²) in [4.78, 5) is 4.84. The molecule has 0 saturated carbocycles. The Bertz CT molecular complexity index is 1810. The fraction of sp³-hybridized carbons (Fsp3) is 0. The summed E-state index contributed by atoms with van der Waals surface area (Å²) >= 11 is 3.57. The molecule has 0 fully saturated rings. The number of para-hydroxylation sites is 1. The first kappa shape index (κ1) is 17.9. The number of nitrogens with zero attached hydrogens (tertiary/aromatic N) is 2. The lowest BCUT2D eigenvalue weighted by Crippen LogP contribution is -1.98. The standard InChI is InChI=1S/C29H17BrN2/c30-26-14-7-15-27(31-26)32-25-13-6-5-11-21(25)24-17-16-23-20-10-2-1-8-18(20)19-9-3-4-12-22(19)28(23)29(24)32/h1-17H. The zero-order valence-corrected chi connectivity index (χ0v) is 18.7. The molecule has 0 radical (unpaired) electrons. The van der Waals surface area contributed by atoms with Crippen molar-refractivity contribution in [2.24, 2.45) is 0 Å². The van der Waals surface area contributed by atoms with Gasteiger partial charge < -0.3 is 0 Å². The molecule has 0 N–H and O–H groups in total. The molecule has 7 rings (SSSR count). The minimum Gasteiger partial charge on any atom is -0.293 e. The van der Waals surface area contributed by atoms with Gasteiger partial charge in [-0.15, -0.1) is 0 Å². The maximum absolute atomic E-state index is 4.84. The van der Waals surface area contributed by atoms with E-state index in [9.17, 15) is 0 Å². The van der Waals surface area contributed by atoms with E-state index in [1.807, 2.05) is 12.1 Å². The molecule has 0 aliphatic heterocycles. The Kier molecular flexibility index (Phi) is 3.73. The fourth-order valence-corrected chi connectivity index (χ4v) is 5.54. The van der Waals surface area contributed by atoms with Crippen molar-refractivity contribution in [3.8, 4) is 5.82 Å². The molecule has 0 unspecified atom stereocenters. The summed E-state index contributed by atoms with van der Waals surface area (Å²) in [5.41, 5.74) is 2.37. The van der Waals surface area contributed by atoms with Gasteiger partial charge in [-0.2, -0.15) is 0 Å². The SMILES string of the molecule is Brc1cccc(-n2c3ccccc3c3ccc4c5ccccc5c5ccccc5c4c32)n1. The molecule has 0 saturated heterocycles. The second kappa shape index (κ2) is 6.65. The highest BCUT2D eigenvalue weighted by Gasteiger charge is 2.18. The average Bonchev–Trinajstić information content (AvgIpc) is 3.18. The van der Waals surface area contributed by atoms with E-state index in [-0.39, 0.29) is 0 Å². The Balaban J connectivity index is 1.85. The lowest BCUT2D eigenvalue weighted by Gasteiger charge is -2.14. The van der Waals surface area contributed by atoms with Crippen molar-refractivity contribution >= 4 is 70.1 Å². The molecule has 0 amide bonds. The first-order chi connectivity index (χ1) is 15.8. The second-order valence-corrected chi connectivity index (χ2v) is 8.96. The fourth-order valence-electron chi connectivity index (χ4n) is 5.20. The Morgan fingerprint density at radius 3 is 1.78 bits per heavy atom. The van der Waals surface area contributed by atoms with E-state index in [1.165, 1.54) is 48.6 Å². The van der Waals surface area contributed by atoms with Crippen molar-refractivity contribution in [3.63, 3.8) is 0 Å². The lowest BCUT2D eigenvalue weighted by molar-refractivity contribution is 1.07. The number of aromatic nitrogens is 2. The van der Waals surface area contributed by atoms with E-state index < -0.39 is 0 Å². The summed E-state index contributed by atoms with van der Waals surface area (Å²) in [6.45, 7) is 0. The third-order valence-corrected chi connectivity index (χ3v) is 6.91. The number of hydrogen-bond donors (Lipinski definition) is 0. The number of benzene rings is 5. The Labute approximate surface area is 192 Å².